The van der Waals surface area contributed by atoms with Crippen molar-refractivity contribution in [1.29, 1.82) is 0 Å². The summed E-state index contributed by atoms with van der Waals surface area (Å²) in [6.45, 7) is 3.94. The van der Waals surface area contributed by atoms with Crippen LogP contribution in [0, 0.1) is 5.41 Å². The van der Waals surface area contributed by atoms with Crippen molar-refractivity contribution in [2.75, 3.05) is 0 Å². The fourth-order valence-electron chi connectivity index (χ4n) is 3.51. The Morgan fingerprint density at radius 3 is 2.48 bits per heavy atom. The number of hydrogen-bond acceptors (Lipinski definition) is 1. The summed E-state index contributed by atoms with van der Waals surface area (Å²) >= 11 is 0. The van der Waals surface area contributed by atoms with E-state index in [1.54, 1.807) is 18.2 Å². The molecule has 0 heterocycles. The number of nitrogens with one attached hydrogen (secondary N) is 1. The van der Waals surface area contributed by atoms with E-state index in [1.165, 1.54) is 6.07 Å². The highest BCUT2D eigenvalue weighted by Gasteiger charge is 2.40. The van der Waals surface area contributed by atoms with Crippen LogP contribution in [-0.4, -0.2) is 11.2 Å². The Balaban J connectivity index is 2.00. The van der Waals surface area contributed by atoms with Gasteiger partial charge in [-0.2, -0.15) is 13.2 Å². The fourth-order valence-corrected chi connectivity index (χ4v) is 3.51. The van der Waals surface area contributed by atoms with Crippen molar-refractivity contribution in [1.82, 2.24) is 5.32 Å². The molecule has 0 aliphatic heterocycles. The van der Waals surface area contributed by atoms with E-state index >= 15 is 0 Å². The van der Waals surface area contributed by atoms with E-state index in [2.05, 4.69) is 5.32 Å². The second-order valence-corrected chi connectivity index (χ2v) is 7.04. The number of amides is 1. The summed E-state index contributed by atoms with van der Waals surface area (Å²) in [5, 5.41) is 11.6. The Kier molecular flexibility index (Phi) is 4.01. The Labute approximate surface area is 143 Å². The predicted octanol–water partition coefficient (Wildman–Crippen LogP) is 5.26. The molecule has 1 unspecified atom stereocenters. The zero-order chi connectivity index (χ0) is 18.4. The van der Waals surface area contributed by atoms with E-state index in [0.29, 0.717) is 17.5 Å². The van der Waals surface area contributed by atoms with Crippen LogP contribution in [0.5, 0.6) is 0 Å². The van der Waals surface area contributed by atoms with Crippen LogP contribution < -0.4 is 5.32 Å². The molecule has 132 valence electrons. The van der Waals surface area contributed by atoms with E-state index in [1.807, 2.05) is 19.9 Å². The van der Waals surface area contributed by atoms with Crippen LogP contribution in [0.2, 0.25) is 0 Å². The van der Waals surface area contributed by atoms with Crippen molar-refractivity contribution < 1.29 is 23.1 Å². The number of carbonyl (C=O) groups is 1. The van der Waals surface area contributed by atoms with Gasteiger partial charge in [-0.1, -0.05) is 44.2 Å². The predicted molar refractivity (Wildman–Crippen MR) is 88.3 cm³/mol. The van der Waals surface area contributed by atoms with E-state index < -0.39 is 17.8 Å². The fraction of sp³-hybridized carbons (Fsp3) is 0.316. The maximum Gasteiger partial charge on any atom is 0.416 e. The number of rotatable bonds is 2. The van der Waals surface area contributed by atoms with E-state index in [0.717, 1.165) is 23.3 Å². The number of alkyl halides is 3. The van der Waals surface area contributed by atoms with Crippen LogP contribution >= 0.6 is 0 Å². The molecule has 2 aromatic rings. The summed E-state index contributed by atoms with van der Waals surface area (Å²) in [7, 11) is 0. The van der Waals surface area contributed by atoms with Crippen LogP contribution in [0.1, 0.15) is 36.6 Å². The first-order valence-electron chi connectivity index (χ1n) is 7.88. The molecule has 1 aliphatic rings. The topological polar surface area (TPSA) is 49.3 Å². The molecule has 1 atom stereocenters. The minimum absolute atomic E-state index is 0.298. The maximum absolute atomic E-state index is 12.9. The van der Waals surface area contributed by atoms with Gasteiger partial charge < -0.3 is 10.4 Å². The standard InChI is InChI=1S/C19H18F3NO2/c1-18(2)10-13-8-12(6-7-15(13)16(18)23-17(24)25)11-4-3-5-14(9-11)19(20,21)22/h3-9,16,23H,10H2,1-2H3,(H,24,25). The normalized spacial score (nSPS) is 18.7. The van der Waals surface area contributed by atoms with Crippen molar-refractivity contribution >= 4 is 6.09 Å². The van der Waals surface area contributed by atoms with Crippen molar-refractivity contribution in [2.24, 2.45) is 5.41 Å². The molecule has 1 amide bonds. The highest BCUT2D eigenvalue weighted by molar-refractivity contribution is 5.69. The number of halogens is 3. The highest BCUT2D eigenvalue weighted by atomic mass is 19.4. The molecular weight excluding hydrogens is 331 g/mol. The quantitative estimate of drug-likeness (QED) is 0.777. The summed E-state index contributed by atoms with van der Waals surface area (Å²) in [4.78, 5) is 11.1. The first kappa shape index (κ1) is 17.3. The Morgan fingerprint density at radius 1 is 1.16 bits per heavy atom. The summed E-state index contributed by atoms with van der Waals surface area (Å²) in [6, 6.07) is 10.3. The first-order chi connectivity index (χ1) is 11.6. The third-order valence-corrected chi connectivity index (χ3v) is 4.67. The van der Waals surface area contributed by atoms with Crippen molar-refractivity contribution in [2.45, 2.75) is 32.5 Å². The third-order valence-electron chi connectivity index (χ3n) is 4.67. The van der Waals surface area contributed by atoms with Crippen LogP contribution in [-0.2, 0) is 12.6 Å². The van der Waals surface area contributed by atoms with Gasteiger partial charge in [-0.05, 0) is 46.2 Å². The summed E-state index contributed by atoms with van der Waals surface area (Å²) in [6.07, 6.45) is -4.82. The van der Waals surface area contributed by atoms with Gasteiger partial charge in [-0.3, -0.25) is 0 Å². The van der Waals surface area contributed by atoms with Gasteiger partial charge in [-0.25, -0.2) is 4.79 Å². The zero-order valence-corrected chi connectivity index (χ0v) is 13.8. The summed E-state index contributed by atoms with van der Waals surface area (Å²) < 4.78 is 38.7. The lowest BCUT2D eigenvalue weighted by molar-refractivity contribution is -0.137. The lowest BCUT2D eigenvalue weighted by Crippen LogP contribution is -2.34. The molecule has 1 aliphatic carbocycles. The molecule has 0 saturated carbocycles. The van der Waals surface area contributed by atoms with Gasteiger partial charge in [0.05, 0.1) is 11.6 Å². The highest BCUT2D eigenvalue weighted by Crippen LogP contribution is 2.46. The molecule has 6 heteroatoms. The molecule has 0 fully saturated rings. The number of benzene rings is 2. The molecule has 2 aromatic carbocycles. The summed E-state index contributed by atoms with van der Waals surface area (Å²) in [5.41, 5.74) is 2.03. The van der Waals surface area contributed by atoms with Crippen LogP contribution in [0.4, 0.5) is 18.0 Å². The van der Waals surface area contributed by atoms with E-state index in [4.69, 9.17) is 5.11 Å². The van der Waals surface area contributed by atoms with Gasteiger partial charge >= 0.3 is 12.3 Å². The first-order valence-corrected chi connectivity index (χ1v) is 7.88. The number of fused-ring (bicyclic) bond motifs is 1. The largest absolute Gasteiger partial charge is 0.465 e. The second kappa shape index (κ2) is 5.79. The Hall–Kier alpha value is -2.50. The molecule has 0 saturated heterocycles. The van der Waals surface area contributed by atoms with Gasteiger partial charge in [0.15, 0.2) is 0 Å². The number of hydrogen-bond donors (Lipinski definition) is 2. The average Bonchev–Trinajstić information content (AvgIpc) is 2.76. The molecule has 0 bridgehead atoms. The number of carboxylic acid groups (broad SMARTS) is 1. The van der Waals surface area contributed by atoms with Crippen molar-refractivity contribution in [3.8, 4) is 11.1 Å². The van der Waals surface area contributed by atoms with Crippen LogP contribution in [0.25, 0.3) is 11.1 Å². The molecule has 0 radical (unpaired) electrons. The minimum atomic E-state index is -4.38. The van der Waals surface area contributed by atoms with Gasteiger partial charge in [0, 0.05) is 0 Å². The van der Waals surface area contributed by atoms with Gasteiger partial charge in [-0.15, -0.1) is 0 Å². The van der Waals surface area contributed by atoms with E-state index in [9.17, 15) is 18.0 Å². The molecule has 25 heavy (non-hydrogen) atoms. The van der Waals surface area contributed by atoms with Crippen LogP contribution in [0.15, 0.2) is 42.5 Å². The molecule has 3 rings (SSSR count). The van der Waals surface area contributed by atoms with Gasteiger partial charge in [0.1, 0.15) is 0 Å². The third kappa shape index (κ3) is 3.34. The van der Waals surface area contributed by atoms with Crippen LogP contribution in [0.3, 0.4) is 0 Å². The molecular formula is C19H18F3NO2. The average molecular weight is 349 g/mol. The second-order valence-electron chi connectivity index (χ2n) is 7.04. The Morgan fingerprint density at radius 2 is 1.84 bits per heavy atom. The van der Waals surface area contributed by atoms with Gasteiger partial charge in [0.2, 0.25) is 0 Å². The zero-order valence-electron chi connectivity index (χ0n) is 13.8. The lowest BCUT2D eigenvalue weighted by atomic mass is 9.85. The smallest absolute Gasteiger partial charge is 0.416 e. The molecule has 3 nitrogen and oxygen atoms in total. The minimum Gasteiger partial charge on any atom is -0.465 e. The van der Waals surface area contributed by atoms with Crippen molar-refractivity contribution in [3.63, 3.8) is 0 Å². The monoisotopic (exact) mass is 349 g/mol. The van der Waals surface area contributed by atoms with E-state index in [-0.39, 0.29) is 11.5 Å². The maximum atomic E-state index is 12.9. The Bertz CT molecular complexity index is 828. The van der Waals surface area contributed by atoms with Gasteiger partial charge in [0.25, 0.3) is 0 Å². The molecule has 2 N–H and O–H groups in total. The lowest BCUT2D eigenvalue weighted by Gasteiger charge is -2.27. The summed E-state index contributed by atoms with van der Waals surface area (Å²) in [5.74, 6) is 0. The molecule has 0 aromatic heterocycles. The SMILES string of the molecule is CC1(C)Cc2cc(-c3cccc(C(F)(F)F)c3)ccc2C1NC(=O)O. The van der Waals surface area contributed by atoms with Crippen molar-refractivity contribution in [3.05, 3.63) is 59.2 Å². The molecule has 0 spiro atoms.